The number of ether oxygens (including phenoxy) is 2. The van der Waals surface area contributed by atoms with Crippen molar-refractivity contribution in [2.24, 2.45) is 0 Å². The third kappa shape index (κ3) is 5.04. The molecule has 160 valence electrons. The van der Waals surface area contributed by atoms with E-state index < -0.39 is 0 Å². The molecule has 30 heavy (non-hydrogen) atoms. The van der Waals surface area contributed by atoms with Gasteiger partial charge in [0.25, 0.3) is 0 Å². The quantitative estimate of drug-likeness (QED) is 0.763. The Balaban J connectivity index is 1.32. The first-order valence-corrected chi connectivity index (χ1v) is 11.0. The zero-order valence-corrected chi connectivity index (χ0v) is 17.7. The molecule has 1 aromatic heterocycles. The number of methoxy groups -OCH3 is 1. The molecule has 0 atom stereocenters. The lowest BCUT2D eigenvalue weighted by atomic mass is 9.89. The van der Waals surface area contributed by atoms with Crippen molar-refractivity contribution >= 4 is 6.03 Å². The minimum atomic E-state index is -0.0147. The molecule has 1 aliphatic heterocycles. The van der Waals surface area contributed by atoms with Gasteiger partial charge in [0.2, 0.25) is 0 Å². The van der Waals surface area contributed by atoms with Crippen molar-refractivity contribution < 1.29 is 14.3 Å². The summed E-state index contributed by atoms with van der Waals surface area (Å²) in [6, 6.07) is 12.0. The van der Waals surface area contributed by atoms with Crippen molar-refractivity contribution in [2.75, 3.05) is 20.2 Å². The molecule has 1 aromatic carbocycles. The van der Waals surface area contributed by atoms with Gasteiger partial charge in [-0.15, -0.1) is 0 Å². The molecule has 0 spiro atoms. The number of pyridine rings is 1. The second-order valence-electron chi connectivity index (χ2n) is 8.18. The van der Waals surface area contributed by atoms with Crippen LogP contribution in [-0.2, 0) is 6.54 Å². The summed E-state index contributed by atoms with van der Waals surface area (Å²) in [5.74, 6) is 2.09. The van der Waals surface area contributed by atoms with Gasteiger partial charge in [-0.3, -0.25) is 4.98 Å². The first kappa shape index (κ1) is 20.5. The topological polar surface area (TPSA) is 63.7 Å². The Kier molecular flexibility index (Phi) is 6.72. The van der Waals surface area contributed by atoms with Crippen LogP contribution in [0.15, 0.2) is 42.6 Å². The highest BCUT2D eigenvalue weighted by Gasteiger charge is 2.25. The van der Waals surface area contributed by atoms with Crippen LogP contribution in [0.25, 0.3) is 0 Å². The maximum atomic E-state index is 12.5. The number of carbonyl (C=O) groups excluding carboxylic acids is 1. The average Bonchev–Trinajstić information content (AvgIpc) is 3.31. The van der Waals surface area contributed by atoms with Gasteiger partial charge in [-0.1, -0.05) is 12.1 Å². The molecule has 0 unspecified atom stereocenters. The molecular formula is C24H31N3O3. The molecule has 1 saturated carbocycles. The highest BCUT2D eigenvalue weighted by Crippen LogP contribution is 2.37. The van der Waals surface area contributed by atoms with Gasteiger partial charge in [-0.05, 0) is 74.3 Å². The van der Waals surface area contributed by atoms with Crippen LogP contribution >= 0.6 is 0 Å². The van der Waals surface area contributed by atoms with Crippen LogP contribution in [-0.4, -0.2) is 42.2 Å². The Labute approximate surface area is 178 Å². The molecule has 2 amide bonds. The summed E-state index contributed by atoms with van der Waals surface area (Å²) in [6.45, 7) is 1.97. The second-order valence-corrected chi connectivity index (χ2v) is 8.18. The van der Waals surface area contributed by atoms with Crippen molar-refractivity contribution in [1.29, 1.82) is 0 Å². The fourth-order valence-electron chi connectivity index (χ4n) is 4.42. The number of nitrogens with zero attached hydrogens (tertiary/aromatic N) is 2. The monoisotopic (exact) mass is 409 g/mol. The Bertz CT molecular complexity index is 829. The van der Waals surface area contributed by atoms with Crippen molar-refractivity contribution in [3.05, 3.63) is 53.9 Å². The van der Waals surface area contributed by atoms with E-state index in [2.05, 4.69) is 22.4 Å². The lowest BCUT2D eigenvalue weighted by Gasteiger charge is -2.32. The van der Waals surface area contributed by atoms with E-state index in [4.69, 9.17) is 9.47 Å². The fourth-order valence-corrected chi connectivity index (χ4v) is 4.42. The summed E-state index contributed by atoms with van der Waals surface area (Å²) >= 11 is 0. The maximum Gasteiger partial charge on any atom is 0.317 e. The molecule has 6 nitrogen and oxygen atoms in total. The van der Waals surface area contributed by atoms with E-state index in [-0.39, 0.29) is 6.03 Å². The van der Waals surface area contributed by atoms with E-state index in [1.165, 1.54) is 18.4 Å². The summed E-state index contributed by atoms with van der Waals surface area (Å²) in [4.78, 5) is 18.6. The molecule has 0 radical (unpaired) electrons. The molecule has 2 fully saturated rings. The van der Waals surface area contributed by atoms with Gasteiger partial charge < -0.3 is 19.7 Å². The van der Waals surface area contributed by atoms with Crippen molar-refractivity contribution in [3.8, 4) is 11.5 Å². The molecule has 1 saturated heterocycles. The van der Waals surface area contributed by atoms with Crippen LogP contribution in [0.4, 0.5) is 4.79 Å². The summed E-state index contributed by atoms with van der Waals surface area (Å²) in [5, 5.41) is 2.98. The number of amides is 2. The van der Waals surface area contributed by atoms with Crippen LogP contribution in [0.1, 0.15) is 55.7 Å². The van der Waals surface area contributed by atoms with Gasteiger partial charge in [0.05, 0.1) is 25.5 Å². The molecule has 4 rings (SSSR count). The van der Waals surface area contributed by atoms with Crippen molar-refractivity contribution in [1.82, 2.24) is 15.2 Å². The largest absolute Gasteiger partial charge is 0.493 e. The highest BCUT2D eigenvalue weighted by atomic mass is 16.5. The Hall–Kier alpha value is -2.76. The number of rotatable bonds is 6. The fraction of sp³-hybridized carbons (Fsp3) is 0.500. The summed E-state index contributed by atoms with van der Waals surface area (Å²) in [5.41, 5.74) is 2.14. The van der Waals surface area contributed by atoms with Crippen LogP contribution in [0, 0.1) is 0 Å². The zero-order valence-electron chi connectivity index (χ0n) is 17.7. The van der Waals surface area contributed by atoms with E-state index in [0.29, 0.717) is 18.6 Å². The van der Waals surface area contributed by atoms with Crippen LogP contribution < -0.4 is 14.8 Å². The van der Waals surface area contributed by atoms with E-state index in [0.717, 1.165) is 56.0 Å². The molecule has 6 heteroatoms. The van der Waals surface area contributed by atoms with E-state index in [1.807, 2.05) is 29.2 Å². The van der Waals surface area contributed by atoms with Gasteiger partial charge in [0.1, 0.15) is 0 Å². The van der Waals surface area contributed by atoms with E-state index in [1.54, 1.807) is 13.3 Å². The summed E-state index contributed by atoms with van der Waals surface area (Å²) < 4.78 is 11.8. The van der Waals surface area contributed by atoms with Crippen LogP contribution in [0.5, 0.6) is 11.5 Å². The number of hydrogen-bond donors (Lipinski definition) is 1. The van der Waals surface area contributed by atoms with Crippen molar-refractivity contribution in [2.45, 2.75) is 57.1 Å². The zero-order chi connectivity index (χ0) is 20.8. The first-order chi connectivity index (χ1) is 14.7. The normalized spacial score (nSPS) is 17.7. The Morgan fingerprint density at radius 2 is 1.90 bits per heavy atom. The third-order valence-corrected chi connectivity index (χ3v) is 6.18. The minimum Gasteiger partial charge on any atom is -0.493 e. The molecule has 2 heterocycles. The molecule has 1 N–H and O–H groups in total. The van der Waals surface area contributed by atoms with Crippen LogP contribution in [0.2, 0.25) is 0 Å². The molecular weight excluding hydrogens is 378 g/mol. The minimum absolute atomic E-state index is 0.0147. The Morgan fingerprint density at radius 3 is 2.60 bits per heavy atom. The number of piperidine rings is 1. The number of aromatic nitrogens is 1. The van der Waals surface area contributed by atoms with E-state index >= 15 is 0 Å². The number of benzene rings is 1. The molecule has 1 aliphatic carbocycles. The molecule has 2 aliphatic rings. The summed E-state index contributed by atoms with van der Waals surface area (Å²) in [6.07, 6.45) is 8.68. The predicted molar refractivity (Wildman–Crippen MR) is 116 cm³/mol. The lowest BCUT2D eigenvalue weighted by Crippen LogP contribution is -2.43. The number of likely N-dealkylation sites (tertiary alicyclic amines) is 1. The number of hydrogen-bond acceptors (Lipinski definition) is 4. The highest BCUT2D eigenvalue weighted by molar-refractivity contribution is 5.74. The van der Waals surface area contributed by atoms with Gasteiger partial charge >= 0.3 is 6.03 Å². The van der Waals surface area contributed by atoms with Gasteiger partial charge in [0.15, 0.2) is 11.5 Å². The third-order valence-electron chi connectivity index (χ3n) is 6.18. The SMILES string of the molecule is COc1ccc(C2CCN(C(=O)NCc3ccccn3)CC2)cc1OC1CCCC1. The van der Waals surface area contributed by atoms with Gasteiger partial charge in [-0.2, -0.15) is 0 Å². The molecule has 0 bridgehead atoms. The smallest absolute Gasteiger partial charge is 0.317 e. The van der Waals surface area contributed by atoms with E-state index in [9.17, 15) is 4.79 Å². The predicted octanol–water partition coefficient (Wildman–Crippen LogP) is 4.50. The van der Waals surface area contributed by atoms with Crippen LogP contribution in [0.3, 0.4) is 0 Å². The first-order valence-electron chi connectivity index (χ1n) is 11.0. The Morgan fingerprint density at radius 1 is 1.10 bits per heavy atom. The molecule has 2 aromatic rings. The van der Waals surface area contributed by atoms with Gasteiger partial charge in [0, 0.05) is 19.3 Å². The van der Waals surface area contributed by atoms with Crippen molar-refractivity contribution in [3.63, 3.8) is 0 Å². The lowest BCUT2D eigenvalue weighted by molar-refractivity contribution is 0.180. The standard InChI is InChI=1S/C24H31N3O3/c1-29-22-10-9-19(16-23(22)30-21-7-2-3-8-21)18-11-14-27(15-12-18)24(28)26-17-20-6-4-5-13-25-20/h4-6,9-10,13,16,18,21H,2-3,7-8,11-12,14-15,17H2,1H3,(H,26,28). The number of carbonyl (C=O) groups is 1. The number of nitrogens with one attached hydrogen (secondary N) is 1. The van der Waals surface area contributed by atoms with Gasteiger partial charge in [-0.25, -0.2) is 4.79 Å². The maximum absolute atomic E-state index is 12.5. The number of urea groups is 1. The summed E-state index contributed by atoms with van der Waals surface area (Å²) in [7, 11) is 1.69. The average molecular weight is 410 g/mol. The second kappa shape index (κ2) is 9.83.